The highest BCUT2D eigenvalue weighted by atomic mass is 32.1. The fourth-order valence-electron chi connectivity index (χ4n) is 2.70. The van der Waals surface area contributed by atoms with Crippen molar-refractivity contribution >= 4 is 17.3 Å². The summed E-state index contributed by atoms with van der Waals surface area (Å²) in [5, 5.41) is 18.1. The lowest BCUT2D eigenvalue weighted by Crippen LogP contribution is -2.39. The normalized spacial score (nSPS) is 11.8. The summed E-state index contributed by atoms with van der Waals surface area (Å²) < 4.78 is 3.78. The predicted molar refractivity (Wildman–Crippen MR) is 108 cm³/mol. The molecule has 3 rings (SSSR count). The van der Waals surface area contributed by atoms with Gasteiger partial charge in [0, 0.05) is 50.9 Å². The van der Waals surface area contributed by atoms with Gasteiger partial charge in [0.25, 0.3) is 0 Å². The lowest BCUT2D eigenvalue weighted by Gasteiger charge is -2.22. The van der Waals surface area contributed by atoms with Crippen LogP contribution in [0.3, 0.4) is 0 Å². The number of nitrogens with zero attached hydrogens (tertiary/aromatic N) is 7. The molecule has 0 fully saturated rings. The van der Waals surface area contributed by atoms with Gasteiger partial charge in [-0.05, 0) is 24.8 Å². The molecule has 0 bridgehead atoms. The van der Waals surface area contributed by atoms with Crippen molar-refractivity contribution in [2.45, 2.75) is 26.4 Å². The number of aryl methyl sites for hydroxylation is 2. The zero-order chi connectivity index (χ0) is 19.2. The molecule has 144 valence electrons. The van der Waals surface area contributed by atoms with Crippen LogP contribution in [0.1, 0.15) is 22.1 Å². The maximum atomic E-state index is 4.77. The van der Waals surface area contributed by atoms with E-state index in [0.29, 0.717) is 6.54 Å². The second-order valence-corrected chi connectivity index (χ2v) is 7.53. The highest BCUT2D eigenvalue weighted by Crippen LogP contribution is 2.09. The largest absolute Gasteiger partial charge is 0.356 e. The lowest BCUT2D eigenvalue weighted by atomic mass is 10.3. The SMILES string of the molecule is Cc1nnc(CN=C(NCCc2cccs2)N(C)Cc2cnn(C)c2)n1C. The summed E-state index contributed by atoms with van der Waals surface area (Å²) in [5.41, 5.74) is 1.14. The number of nitrogens with one attached hydrogen (secondary N) is 1. The van der Waals surface area contributed by atoms with Crippen molar-refractivity contribution in [3.05, 3.63) is 52.0 Å². The van der Waals surface area contributed by atoms with Gasteiger partial charge >= 0.3 is 0 Å². The van der Waals surface area contributed by atoms with Crippen molar-refractivity contribution in [3.8, 4) is 0 Å². The molecule has 0 aliphatic carbocycles. The quantitative estimate of drug-likeness (QED) is 0.494. The summed E-state index contributed by atoms with van der Waals surface area (Å²) in [6, 6.07) is 4.24. The van der Waals surface area contributed by atoms with E-state index < -0.39 is 0 Å². The second-order valence-electron chi connectivity index (χ2n) is 6.50. The average molecular weight is 387 g/mol. The summed E-state index contributed by atoms with van der Waals surface area (Å²) in [5.74, 6) is 2.58. The van der Waals surface area contributed by atoms with Crippen LogP contribution >= 0.6 is 11.3 Å². The Kier molecular flexibility index (Phi) is 6.23. The number of hydrogen-bond donors (Lipinski definition) is 1. The van der Waals surface area contributed by atoms with Gasteiger partial charge in [-0.2, -0.15) is 5.10 Å². The zero-order valence-corrected chi connectivity index (χ0v) is 17.1. The van der Waals surface area contributed by atoms with Gasteiger partial charge in [-0.25, -0.2) is 4.99 Å². The summed E-state index contributed by atoms with van der Waals surface area (Å²) in [6.07, 6.45) is 4.87. The topological polar surface area (TPSA) is 76.2 Å². The number of hydrogen-bond acceptors (Lipinski definition) is 5. The second kappa shape index (κ2) is 8.81. The van der Waals surface area contributed by atoms with Gasteiger partial charge in [0.05, 0.1) is 6.20 Å². The van der Waals surface area contributed by atoms with Gasteiger partial charge in [0.2, 0.25) is 0 Å². The van der Waals surface area contributed by atoms with E-state index >= 15 is 0 Å². The van der Waals surface area contributed by atoms with Crippen molar-refractivity contribution in [2.24, 2.45) is 19.1 Å². The predicted octanol–water partition coefficient (Wildman–Crippen LogP) is 1.74. The highest BCUT2D eigenvalue weighted by molar-refractivity contribution is 7.09. The van der Waals surface area contributed by atoms with Crippen LogP contribution in [-0.2, 0) is 33.6 Å². The first-order chi connectivity index (χ1) is 13.0. The van der Waals surface area contributed by atoms with Crippen molar-refractivity contribution < 1.29 is 0 Å². The summed E-state index contributed by atoms with van der Waals surface area (Å²) in [6.45, 7) is 3.98. The number of guanidine groups is 1. The molecule has 8 nitrogen and oxygen atoms in total. The third-order valence-electron chi connectivity index (χ3n) is 4.33. The van der Waals surface area contributed by atoms with Crippen LogP contribution in [-0.4, -0.2) is 49.0 Å². The molecule has 0 radical (unpaired) electrons. The molecule has 0 saturated carbocycles. The highest BCUT2D eigenvalue weighted by Gasteiger charge is 2.10. The Hall–Kier alpha value is -2.68. The minimum absolute atomic E-state index is 0.482. The molecule has 27 heavy (non-hydrogen) atoms. The van der Waals surface area contributed by atoms with Crippen LogP contribution in [0, 0.1) is 6.92 Å². The molecule has 0 aromatic carbocycles. The molecule has 3 aromatic rings. The molecule has 0 saturated heterocycles. The van der Waals surface area contributed by atoms with E-state index in [1.807, 2.05) is 49.7 Å². The summed E-state index contributed by atoms with van der Waals surface area (Å²) >= 11 is 1.78. The van der Waals surface area contributed by atoms with Crippen LogP contribution in [0.15, 0.2) is 34.9 Å². The van der Waals surface area contributed by atoms with Crippen LogP contribution in [0.2, 0.25) is 0 Å². The van der Waals surface area contributed by atoms with Crippen molar-refractivity contribution in [1.29, 1.82) is 0 Å². The van der Waals surface area contributed by atoms with Gasteiger partial charge in [0.15, 0.2) is 11.8 Å². The molecular formula is C18H26N8S. The van der Waals surface area contributed by atoms with Gasteiger partial charge in [-0.15, -0.1) is 21.5 Å². The Labute approximate surface area is 163 Å². The molecule has 3 aromatic heterocycles. The Morgan fingerprint density at radius 1 is 1.33 bits per heavy atom. The van der Waals surface area contributed by atoms with Crippen LogP contribution in [0.4, 0.5) is 0 Å². The van der Waals surface area contributed by atoms with Crippen molar-refractivity contribution in [1.82, 2.24) is 34.8 Å². The first-order valence-corrected chi connectivity index (χ1v) is 9.75. The fourth-order valence-corrected chi connectivity index (χ4v) is 3.41. The molecule has 3 heterocycles. The number of rotatable bonds is 7. The third-order valence-corrected chi connectivity index (χ3v) is 5.26. The van der Waals surface area contributed by atoms with Crippen LogP contribution in [0.5, 0.6) is 0 Å². The first kappa shape index (κ1) is 19.1. The summed E-state index contributed by atoms with van der Waals surface area (Å²) in [7, 11) is 5.92. The van der Waals surface area contributed by atoms with E-state index in [9.17, 15) is 0 Å². The standard InChI is InChI=1S/C18H26N8S/c1-14-22-23-17(26(14)4)11-20-18(19-8-7-16-6-5-9-27-16)24(2)12-15-10-21-25(3)13-15/h5-6,9-10,13H,7-8,11-12H2,1-4H3,(H,19,20). The van der Waals surface area contributed by atoms with E-state index in [0.717, 1.165) is 42.7 Å². The van der Waals surface area contributed by atoms with E-state index in [2.05, 4.69) is 43.0 Å². The molecule has 9 heteroatoms. The number of aliphatic imine (C=N–C) groups is 1. The molecule has 0 amide bonds. The van der Waals surface area contributed by atoms with Crippen molar-refractivity contribution in [2.75, 3.05) is 13.6 Å². The smallest absolute Gasteiger partial charge is 0.194 e. The number of thiophene rings is 1. The van der Waals surface area contributed by atoms with E-state index in [1.54, 1.807) is 11.3 Å². The van der Waals surface area contributed by atoms with Gasteiger partial charge < -0.3 is 14.8 Å². The third kappa shape index (κ3) is 5.16. The molecule has 1 N–H and O–H groups in total. The zero-order valence-electron chi connectivity index (χ0n) is 16.3. The maximum Gasteiger partial charge on any atom is 0.194 e. The number of aromatic nitrogens is 5. The Bertz CT molecular complexity index is 877. The molecule has 0 aliphatic rings. The average Bonchev–Trinajstić information content (AvgIpc) is 3.36. The Balaban J connectivity index is 1.68. The fraction of sp³-hybridized carbons (Fsp3) is 0.444. The summed E-state index contributed by atoms with van der Waals surface area (Å²) in [4.78, 5) is 8.24. The van der Waals surface area contributed by atoms with Crippen LogP contribution < -0.4 is 5.32 Å². The Morgan fingerprint density at radius 3 is 2.81 bits per heavy atom. The van der Waals surface area contributed by atoms with E-state index in [4.69, 9.17) is 4.99 Å². The molecule has 0 atom stereocenters. The lowest BCUT2D eigenvalue weighted by molar-refractivity contribution is 0.474. The minimum Gasteiger partial charge on any atom is -0.356 e. The van der Waals surface area contributed by atoms with Crippen LogP contribution in [0.25, 0.3) is 0 Å². The monoisotopic (exact) mass is 386 g/mol. The molecule has 0 unspecified atom stereocenters. The van der Waals surface area contributed by atoms with Gasteiger partial charge in [-0.3, -0.25) is 4.68 Å². The molecule has 0 aliphatic heterocycles. The maximum absolute atomic E-state index is 4.77. The Morgan fingerprint density at radius 2 is 2.19 bits per heavy atom. The molecular weight excluding hydrogens is 360 g/mol. The van der Waals surface area contributed by atoms with E-state index in [-0.39, 0.29) is 0 Å². The first-order valence-electron chi connectivity index (χ1n) is 8.87. The minimum atomic E-state index is 0.482. The van der Waals surface area contributed by atoms with E-state index in [1.165, 1.54) is 4.88 Å². The van der Waals surface area contributed by atoms with Gasteiger partial charge in [-0.1, -0.05) is 6.07 Å². The van der Waals surface area contributed by atoms with Gasteiger partial charge in [0.1, 0.15) is 12.4 Å². The van der Waals surface area contributed by atoms with Crippen molar-refractivity contribution in [3.63, 3.8) is 0 Å². The molecule has 0 spiro atoms.